The van der Waals surface area contributed by atoms with Gasteiger partial charge in [0.05, 0.1) is 12.9 Å². The molecular formula is C14H25IN4O3S. The average Bonchev–Trinajstić information content (AvgIpc) is 2.50. The Morgan fingerprint density at radius 2 is 1.87 bits per heavy atom. The number of guanidine groups is 1. The minimum Gasteiger partial charge on any atom is -0.396 e. The molecule has 0 bridgehead atoms. The standard InChI is InChI=1S/C14H24N4O3S.HI/c1-15-14(16-8-9-18-22(2,20)21)17-10-13(11-19)12-6-4-3-5-7-12;/h3-7,13,18-19H,8-11H2,1-2H3,(H2,15,16,17);1H. The quantitative estimate of drug-likeness (QED) is 0.192. The van der Waals surface area contributed by atoms with Crippen LogP contribution in [0.4, 0.5) is 0 Å². The van der Waals surface area contributed by atoms with Gasteiger partial charge in [-0.1, -0.05) is 30.3 Å². The van der Waals surface area contributed by atoms with Crippen LogP contribution < -0.4 is 15.4 Å². The zero-order valence-electron chi connectivity index (χ0n) is 13.3. The zero-order valence-corrected chi connectivity index (χ0v) is 16.5. The molecule has 0 spiro atoms. The van der Waals surface area contributed by atoms with Crippen LogP contribution in [0, 0.1) is 0 Å². The van der Waals surface area contributed by atoms with Gasteiger partial charge in [-0.15, -0.1) is 24.0 Å². The molecular weight excluding hydrogens is 431 g/mol. The van der Waals surface area contributed by atoms with Gasteiger partial charge >= 0.3 is 0 Å². The largest absolute Gasteiger partial charge is 0.396 e. The first-order valence-corrected chi connectivity index (χ1v) is 8.90. The maximum absolute atomic E-state index is 10.9. The molecule has 7 nitrogen and oxygen atoms in total. The third-order valence-electron chi connectivity index (χ3n) is 3.01. The summed E-state index contributed by atoms with van der Waals surface area (Å²) in [6.07, 6.45) is 1.12. The van der Waals surface area contributed by atoms with Crippen molar-refractivity contribution in [3.8, 4) is 0 Å². The van der Waals surface area contributed by atoms with Crippen LogP contribution in [-0.2, 0) is 10.0 Å². The first-order valence-electron chi connectivity index (χ1n) is 7.01. The summed E-state index contributed by atoms with van der Waals surface area (Å²) in [4.78, 5) is 4.06. The molecule has 0 aliphatic heterocycles. The van der Waals surface area contributed by atoms with Gasteiger partial charge in [-0.05, 0) is 5.56 Å². The van der Waals surface area contributed by atoms with Crippen LogP contribution in [0.1, 0.15) is 11.5 Å². The minimum absolute atomic E-state index is 0. The summed E-state index contributed by atoms with van der Waals surface area (Å²) in [5.41, 5.74) is 1.05. The molecule has 0 radical (unpaired) electrons. The van der Waals surface area contributed by atoms with Crippen LogP contribution in [-0.4, -0.2) is 59.0 Å². The molecule has 1 aromatic rings. The minimum atomic E-state index is -3.18. The number of benzene rings is 1. The Kier molecular flexibility index (Phi) is 11.1. The summed E-state index contributed by atoms with van der Waals surface area (Å²) in [6, 6.07) is 9.73. The molecule has 4 N–H and O–H groups in total. The van der Waals surface area contributed by atoms with Gasteiger partial charge in [-0.25, -0.2) is 13.1 Å². The van der Waals surface area contributed by atoms with Gasteiger partial charge < -0.3 is 15.7 Å². The topological polar surface area (TPSA) is 103 Å². The molecule has 0 heterocycles. The lowest BCUT2D eigenvalue weighted by Crippen LogP contribution is -2.43. The van der Waals surface area contributed by atoms with Gasteiger partial charge in [0.15, 0.2) is 5.96 Å². The van der Waals surface area contributed by atoms with Crippen LogP contribution in [0.25, 0.3) is 0 Å². The number of aliphatic hydroxyl groups excluding tert-OH is 1. The number of halogens is 1. The number of hydrogen-bond acceptors (Lipinski definition) is 4. The highest BCUT2D eigenvalue weighted by molar-refractivity contribution is 14.0. The molecule has 0 amide bonds. The molecule has 9 heteroatoms. The summed E-state index contributed by atoms with van der Waals surface area (Å²) in [6.45, 7) is 1.26. The summed E-state index contributed by atoms with van der Waals surface area (Å²) in [5, 5.41) is 15.6. The Morgan fingerprint density at radius 1 is 1.22 bits per heavy atom. The first-order chi connectivity index (χ1) is 10.5. The molecule has 0 aromatic heterocycles. The maximum atomic E-state index is 10.9. The van der Waals surface area contributed by atoms with Gasteiger partial charge in [-0.2, -0.15) is 0 Å². The van der Waals surface area contributed by atoms with E-state index in [1.165, 1.54) is 0 Å². The van der Waals surface area contributed by atoms with E-state index in [9.17, 15) is 13.5 Å². The highest BCUT2D eigenvalue weighted by Crippen LogP contribution is 2.13. The second kappa shape index (κ2) is 11.6. The smallest absolute Gasteiger partial charge is 0.208 e. The van der Waals surface area contributed by atoms with Crippen LogP contribution >= 0.6 is 24.0 Å². The lowest BCUT2D eigenvalue weighted by molar-refractivity contribution is 0.265. The number of sulfonamides is 1. The van der Waals surface area contributed by atoms with Crippen LogP contribution in [0.5, 0.6) is 0 Å². The van der Waals surface area contributed by atoms with Gasteiger partial charge in [0, 0.05) is 32.6 Å². The Morgan fingerprint density at radius 3 is 2.39 bits per heavy atom. The van der Waals surface area contributed by atoms with Gasteiger partial charge in [0.1, 0.15) is 0 Å². The second-order valence-electron chi connectivity index (χ2n) is 4.84. The first kappa shape index (κ1) is 22.1. The Balaban J connectivity index is 0.00000484. The number of nitrogens with zero attached hydrogens (tertiary/aromatic N) is 1. The van der Waals surface area contributed by atoms with E-state index in [4.69, 9.17) is 0 Å². The number of aliphatic imine (C=N–C) groups is 1. The highest BCUT2D eigenvalue weighted by Gasteiger charge is 2.10. The van der Waals surface area contributed by atoms with Crippen molar-refractivity contribution in [3.05, 3.63) is 35.9 Å². The molecule has 0 saturated heterocycles. The number of hydrogen-bond donors (Lipinski definition) is 4. The monoisotopic (exact) mass is 456 g/mol. The Labute approximate surface area is 155 Å². The van der Waals surface area contributed by atoms with Gasteiger partial charge in [0.25, 0.3) is 0 Å². The molecule has 23 heavy (non-hydrogen) atoms. The molecule has 0 aliphatic carbocycles. The summed E-state index contributed by atoms with van der Waals surface area (Å²) in [7, 11) is -1.54. The molecule has 1 aromatic carbocycles. The molecule has 1 atom stereocenters. The van der Waals surface area contributed by atoms with E-state index in [-0.39, 0.29) is 43.0 Å². The van der Waals surface area contributed by atoms with E-state index in [1.807, 2.05) is 30.3 Å². The summed E-state index contributed by atoms with van der Waals surface area (Å²) in [5.74, 6) is 0.526. The van der Waals surface area contributed by atoms with E-state index in [2.05, 4.69) is 20.3 Å². The third kappa shape index (κ3) is 9.74. The van der Waals surface area contributed by atoms with E-state index in [1.54, 1.807) is 7.05 Å². The Bertz CT molecular complexity index is 567. The fraction of sp³-hybridized carbons (Fsp3) is 0.500. The predicted molar refractivity (Wildman–Crippen MR) is 104 cm³/mol. The van der Waals surface area contributed by atoms with E-state index >= 15 is 0 Å². The lowest BCUT2D eigenvalue weighted by Gasteiger charge is -2.18. The number of rotatable bonds is 8. The van der Waals surface area contributed by atoms with Crippen molar-refractivity contribution >= 4 is 40.0 Å². The number of aliphatic hydroxyl groups is 1. The normalized spacial score (nSPS) is 13.1. The van der Waals surface area contributed by atoms with E-state index in [0.717, 1.165) is 11.8 Å². The predicted octanol–water partition coefficient (Wildman–Crippen LogP) is 0.0947. The fourth-order valence-corrected chi connectivity index (χ4v) is 2.34. The SMILES string of the molecule is CN=C(NCCNS(C)(=O)=O)NCC(CO)c1ccccc1.I. The molecule has 1 unspecified atom stereocenters. The van der Waals surface area contributed by atoms with Crippen molar-refractivity contribution in [1.82, 2.24) is 15.4 Å². The van der Waals surface area contributed by atoms with Crippen molar-refractivity contribution in [2.24, 2.45) is 4.99 Å². The maximum Gasteiger partial charge on any atom is 0.208 e. The van der Waals surface area contributed by atoms with E-state index < -0.39 is 10.0 Å². The lowest BCUT2D eigenvalue weighted by atomic mass is 10.0. The second-order valence-corrected chi connectivity index (χ2v) is 6.67. The fourth-order valence-electron chi connectivity index (χ4n) is 1.87. The highest BCUT2D eigenvalue weighted by atomic mass is 127. The van der Waals surface area contributed by atoms with Crippen LogP contribution in [0.2, 0.25) is 0 Å². The van der Waals surface area contributed by atoms with Gasteiger partial charge in [0.2, 0.25) is 10.0 Å². The summed E-state index contributed by atoms with van der Waals surface area (Å²) >= 11 is 0. The third-order valence-corrected chi connectivity index (χ3v) is 3.74. The van der Waals surface area contributed by atoms with Crippen LogP contribution in [0.15, 0.2) is 35.3 Å². The van der Waals surface area contributed by atoms with Crippen molar-refractivity contribution in [2.75, 3.05) is 39.5 Å². The van der Waals surface area contributed by atoms with E-state index in [0.29, 0.717) is 19.0 Å². The molecule has 0 fully saturated rings. The van der Waals surface area contributed by atoms with Crippen molar-refractivity contribution in [1.29, 1.82) is 0 Å². The Hall–Kier alpha value is -0.910. The van der Waals surface area contributed by atoms with Crippen LogP contribution in [0.3, 0.4) is 0 Å². The molecule has 0 saturated carbocycles. The van der Waals surface area contributed by atoms with Crippen molar-refractivity contribution in [2.45, 2.75) is 5.92 Å². The molecule has 132 valence electrons. The van der Waals surface area contributed by atoms with Crippen molar-refractivity contribution in [3.63, 3.8) is 0 Å². The number of nitrogens with one attached hydrogen (secondary N) is 3. The zero-order chi connectivity index (χ0) is 16.4. The summed E-state index contributed by atoms with van der Waals surface area (Å²) < 4.78 is 24.3. The van der Waals surface area contributed by atoms with Gasteiger partial charge in [-0.3, -0.25) is 4.99 Å². The molecule has 1 rings (SSSR count). The average molecular weight is 456 g/mol. The van der Waals surface area contributed by atoms with Crippen molar-refractivity contribution < 1.29 is 13.5 Å². The molecule has 0 aliphatic rings.